The van der Waals surface area contributed by atoms with Gasteiger partial charge in [-0.25, -0.2) is 0 Å². The Morgan fingerprint density at radius 2 is 1.61 bits per heavy atom. The Morgan fingerprint density at radius 3 is 2.17 bits per heavy atom. The molecule has 0 heterocycles. The van der Waals surface area contributed by atoms with Crippen LogP contribution in [0.15, 0.2) is 24.3 Å². The van der Waals surface area contributed by atoms with Gasteiger partial charge in [-0.05, 0) is 49.3 Å². The summed E-state index contributed by atoms with van der Waals surface area (Å²) in [6, 6.07) is 8.43. The highest BCUT2D eigenvalue weighted by atomic mass is 16.7. The van der Waals surface area contributed by atoms with Crippen molar-refractivity contribution in [3.05, 3.63) is 29.8 Å². The third-order valence-electron chi connectivity index (χ3n) is 4.79. The zero-order chi connectivity index (χ0) is 17.1. The van der Waals surface area contributed by atoms with Crippen molar-refractivity contribution in [2.24, 2.45) is 5.92 Å². The summed E-state index contributed by atoms with van der Waals surface area (Å²) in [5, 5.41) is 0. The first-order chi connectivity index (χ1) is 11.1. The smallest absolute Gasteiger partial charge is 0.196 e. The second-order valence-corrected chi connectivity index (χ2v) is 6.64. The number of hydrogen-bond acceptors (Lipinski definition) is 2. The standard InChI is InChI=1S/C21H36O2/c1-6-9-10-19(8-3)15-16-22-18(5)23-21-13-11-20(12-14-21)17(4)7-2/h11-14,17-19H,6-10,15-16H2,1-5H3. The molecule has 1 aromatic rings. The summed E-state index contributed by atoms with van der Waals surface area (Å²) in [7, 11) is 0. The Bertz CT molecular complexity index is 399. The maximum absolute atomic E-state index is 5.86. The molecule has 0 aliphatic heterocycles. The lowest BCUT2D eigenvalue weighted by Gasteiger charge is -2.19. The average Bonchev–Trinajstić information content (AvgIpc) is 2.57. The molecule has 0 aliphatic carbocycles. The minimum Gasteiger partial charge on any atom is -0.465 e. The van der Waals surface area contributed by atoms with Crippen LogP contribution in [0.3, 0.4) is 0 Å². The monoisotopic (exact) mass is 320 g/mol. The van der Waals surface area contributed by atoms with E-state index in [1.807, 2.05) is 6.92 Å². The van der Waals surface area contributed by atoms with Crippen LogP contribution in [0.4, 0.5) is 0 Å². The first-order valence-electron chi connectivity index (χ1n) is 9.48. The molecule has 0 spiro atoms. The SMILES string of the molecule is CCCCC(CC)CCOC(C)Oc1ccc(C(C)CC)cc1. The molecule has 132 valence electrons. The molecule has 0 radical (unpaired) electrons. The lowest BCUT2D eigenvalue weighted by molar-refractivity contribution is -0.0706. The first kappa shape index (κ1) is 20.0. The highest BCUT2D eigenvalue weighted by molar-refractivity contribution is 5.29. The molecule has 0 saturated carbocycles. The van der Waals surface area contributed by atoms with Gasteiger partial charge in [0.05, 0.1) is 6.61 Å². The Kier molecular flexibility index (Phi) is 10.0. The van der Waals surface area contributed by atoms with Crippen molar-refractivity contribution >= 4 is 0 Å². The molecule has 23 heavy (non-hydrogen) atoms. The first-order valence-corrected chi connectivity index (χ1v) is 9.48. The van der Waals surface area contributed by atoms with Gasteiger partial charge in [-0.2, -0.15) is 0 Å². The normalized spacial score (nSPS) is 15.2. The minimum atomic E-state index is -0.187. The van der Waals surface area contributed by atoms with Gasteiger partial charge in [-0.3, -0.25) is 0 Å². The van der Waals surface area contributed by atoms with Crippen molar-refractivity contribution in [1.82, 2.24) is 0 Å². The number of unbranched alkanes of at least 4 members (excludes halogenated alkanes) is 1. The van der Waals surface area contributed by atoms with E-state index < -0.39 is 0 Å². The van der Waals surface area contributed by atoms with Gasteiger partial charge < -0.3 is 9.47 Å². The van der Waals surface area contributed by atoms with Crippen molar-refractivity contribution < 1.29 is 9.47 Å². The van der Waals surface area contributed by atoms with Crippen molar-refractivity contribution in [3.63, 3.8) is 0 Å². The molecular formula is C21H36O2. The molecule has 0 aromatic heterocycles. The molecule has 1 aromatic carbocycles. The molecule has 2 nitrogen and oxygen atoms in total. The predicted molar refractivity (Wildman–Crippen MR) is 99.1 cm³/mol. The van der Waals surface area contributed by atoms with Crippen LogP contribution in [0.2, 0.25) is 0 Å². The molecule has 3 atom stereocenters. The molecule has 0 aliphatic rings. The Hall–Kier alpha value is -1.02. The van der Waals surface area contributed by atoms with Crippen LogP contribution < -0.4 is 4.74 Å². The Balaban J connectivity index is 2.31. The fourth-order valence-electron chi connectivity index (χ4n) is 2.78. The highest BCUT2D eigenvalue weighted by Crippen LogP contribution is 2.22. The Labute approximate surface area is 143 Å². The van der Waals surface area contributed by atoms with E-state index >= 15 is 0 Å². The largest absolute Gasteiger partial charge is 0.465 e. The number of rotatable bonds is 12. The van der Waals surface area contributed by atoms with Crippen molar-refractivity contribution in [2.45, 2.75) is 85.4 Å². The molecule has 0 N–H and O–H groups in total. The van der Waals surface area contributed by atoms with Crippen LogP contribution in [0.1, 0.15) is 84.6 Å². The maximum atomic E-state index is 5.86. The highest BCUT2D eigenvalue weighted by Gasteiger charge is 2.09. The molecular weight excluding hydrogens is 284 g/mol. The fourth-order valence-corrected chi connectivity index (χ4v) is 2.78. The lowest BCUT2D eigenvalue weighted by Crippen LogP contribution is -2.18. The quantitative estimate of drug-likeness (QED) is 0.407. The van der Waals surface area contributed by atoms with Crippen molar-refractivity contribution in [3.8, 4) is 5.75 Å². The van der Waals surface area contributed by atoms with Crippen LogP contribution in [0.25, 0.3) is 0 Å². The summed E-state index contributed by atoms with van der Waals surface area (Å²) in [5.41, 5.74) is 1.37. The van der Waals surface area contributed by atoms with Gasteiger partial charge in [0.2, 0.25) is 0 Å². The molecule has 0 bridgehead atoms. The van der Waals surface area contributed by atoms with E-state index in [1.165, 1.54) is 31.2 Å². The Morgan fingerprint density at radius 1 is 0.913 bits per heavy atom. The molecule has 0 amide bonds. The lowest BCUT2D eigenvalue weighted by atomic mass is 9.96. The summed E-state index contributed by atoms with van der Waals surface area (Å²) in [5.74, 6) is 2.28. The van der Waals surface area contributed by atoms with Gasteiger partial charge in [0, 0.05) is 0 Å². The summed E-state index contributed by atoms with van der Waals surface area (Å²) < 4.78 is 11.7. The van der Waals surface area contributed by atoms with E-state index in [9.17, 15) is 0 Å². The molecule has 0 saturated heterocycles. The maximum Gasteiger partial charge on any atom is 0.196 e. The second kappa shape index (κ2) is 11.5. The van der Waals surface area contributed by atoms with E-state index in [4.69, 9.17) is 9.47 Å². The summed E-state index contributed by atoms with van der Waals surface area (Å²) in [4.78, 5) is 0. The van der Waals surface area contributed by atoms with Gasteiger partial charge in [0.25, 0.3) is 0 Å². The van der Waals surface area contributed by atoms with E-state index in [0.29, 0.717) is 5.92 Å². The number of hydrogen-bond donors (Lipinski definition) is 0. The van der Waals surface area contributed by atoms with Gasteiger partial charge in [-0.15, -0.1) is 0 Å². The van der Waals surface area contributed by atoms with Crippen LogP contribution in [0.5, 0.6) is 5.75 Å². The molecule has 2 heteroatoms. The summed E-state index contributed by atoms with van der Waals surface area (Å²) >= 11 is 0. The van der Waals surface area contributed by atoms with E-state index in [-0.39, 0.29) is 6.29 Å². The molecule has 1 rings (SSSR count). The van der Waals surface area contributed by atoms with Crippen molar-refractivity contribution in [2.75, 3.05) is 6.61 Å². The van der Waals surface area contributed by atoms with Crippen LogP contribution in [0, 0.1) is 5.92 Å². The average molecular weight is 321 g/mol. The van der Waals surface area contributed by atoms with Crippen LogP contribution in [-0.2, 0) is 4.74 Å². The zero-order valence-electron chi connectivity index (χ0n) is 15.8. The molecule has 3 unspecified atom stereocenters. The minimum absolute atomic E-state index is 0.187. The van der Waals surface area contributed by atoms with Gasteiger partial charge in [-0.1, -0.05) is 65.5 Å². The van der Waals surface area contributed by atoms with Crippen LogP contribution in [-0.4, -0.2) is 12.9 Å². The van der Waals surface area contributed by atoms with Crippen molar-refractivity contribution in [1.29, 1.82) is 0 Å². The fraction of sp³-hybridized carbons (Fsp3) is 0.714. The predicted octanol–water partition coefficient (Wildman–Crippen LogP) is 6.55. The van der Waals surface area contributed by atoms with E-state index in [0.717, 1.165) is 31.1 Å². The van der Waals surface area contributed by atoms with E-state index in [1.54, 1.807) is 0 Å². The van der Waals surface area contributed by atoms with Crippen LogP contribution >= 0.6 is 0 Å². The third kappa shape index (κ3) is 7.87. The van der Waals surface area contributed by atoms with Gasteiger partial charge in [0.15, 0.2) is 6.29 Å². The second-order valence-electron chi connectivity index (χ2n) is 6.64. The summed E-state index contributed by atoms with van der Waals surface area (Å²) in [6.45, 7) is 11.8. The topological polar surface area (TPSA) is 18.5 Å². The molecule has 0 fully saturated rings. The van der Waals surface area contributed by atoms with Gasteiger partial charge in [0.1, 0.15) is 5.75 Å². The van der Waals surface area contributed by atoms with Gasteiger partial charge >= 0.3 is 0 Å². The number of ether oxygens (including phenoxy) is 2. The third-order valence-corrected chi connectivity index (χ3v) is 4.79. The van der Waals surface area contributed by atoms with E-state index in [2.05, 4.69) is 52.0 Å². The zero-order valence-corrected chi connectivity index (χ0v) is 15.8. The summed E-state index contributed by atoms with van der Waals surface area (Å²) in [6.07, 6.45) is 7.29. The number of benzene rings is 1.